The van der Waals surface area contributed by atoms with E-state index in [-0.39, 0.29) is 37.6 Å². The summed E-state index contributed by atoms with van der Waals surface area (Å²) in [6.45, 7) is 0.464. The number of benzene rings is 2. The lowest BCUT2D eigenvalue weighted by Crippen LogP contribution is -2.40. The number of nitro groups is 1. The molecule has 9 nitrogen and oxygen atoms in total. The van der Waals surface area contributed by atoms with E-state index >= 15 is 0 Å². The zero-order chi connectivity index (χ0) is 22.6. The Balaban J connectivity index is 1.95. The number of halogens is 3. The fourth-order valence-corrected chi connectivity index (χ4v) is 4.46. The van der Waals surface area contributed by atoms with Crippen molar-refractivity contribution < 1.29 is 31.2 Å². The third kappa shape index (κ3) is 5.18. The number of ether oxygens (including phenoxy) is 1. The summed E-state index contributed by atoms with van der Waals surface area (Å²) in [4.78, 5) is 9.96. The zero-order valence-electron chi connectivity index (χ0n) is 15.9. The van der Waals surface area contributed by atoms with E-state index in [4.69, 9.17) is 4.74 Å². The summed E-state index contributed by atoms with van der Waals surface area (Å²) in [6, 6.07) is 7.81. The van der Waals surface area contributed by atoms with Gasteiger partial charge in [-0.15, -0.1) is 0 Å². The second-order valence-corrected chi connectivity index (χ2v) is 8.32. The van der Waals surface area contributed by atoms with Crippen molar-refractivity contribution in [2.75, 3.05) is 31.7 Å². The van der Waals surface area contributed by atoms with E-state index in [2.05, 4.69) is 10.5 Å². The predicted octanol–water partition coefficient (Wildman–Crippen LogP) is 3.08. The average Bonchev–Trinajstić information content (AvgIpc) is 2.74. The van der Waals surface area contributed by atoms with Gasteiger partial charge in [-0.25, -0.2) is 8.42 Å². The average molecular weight is 458 g/mol. The van der Waals surface area contributed by atoms with Crippen LogP contribution in [-0.2, 0) is 20.9 Å². The minimum absolute atomic E-state index is 0.0622. The lowest BCUT2D eigenvalue weighted by atomic mass is 10.1. The molecule has 0 aliphatic carbocycles. The minimum Gasteiger partial charge on any atom is -0.379 e. The Labute approximate surface area is 175 Å². The van der Waals surface area contributed by atoms with Gasteiger partial charge in [-0.3, -0.25) is 15.5 Å². The third-order valence-electron chi connectivity index (χ3n) is 4.42. The monoisotopic (exact) mass is 458 g/mol. The number of non-ortho nitro benzene ring substituents is 1. The maximum absolute atomic E-state index is 13.1. The van der Waals surface area contributed by atoms with Gasteiger partial charge in [0.05, 0.1) is 35.6 Å². The third-order valence-corrected chi connectivity index (χ3v) is 6.36. The van der Waals surface area contributed by atoms with Gasteiger partial charge in [0.15, 0.2) is 0 Å². The summed E-state index contributed by atoms with van der Waals surface area (Å²) in [5.41, 5.74) is 0.680. The molecule has 0 atom stereocenters. The van der Waals surface area contributed by atoms with Gasteiger partial charge in [0.2, 0.25) is 10.0 Å². The Hall–Kier alpha value is -3.03. The first-order valence-corrected chi connectivity index (χ1v) is 10.4. The molecule has 1 aliphatic heterocycles. The predicted molar refractivity (Wildman–Crippen MR) is 105 cm³/mol. The largest absolute Gasteiger partial charge is 0.417 e. The van der Waals surface area contributed by atoms with Crippen LogP contribution in [-0.4, -0.2) is 50.2 Å². The van der Waals surface area contributed by atoms with Crippen LogP contribution in [0.25, 0.3) is 0 Å². The molecule has 0 spiro atoms. The maximum atomic E-state index is 13.1. The van der Waals surface area contributed by atoms with Crippen LogP contribution in [0.3, 0.4) is 0 Å². The van der Waals surface area contributed by atoms with E-state index < -0.39 is 37.3 Å². The first-order chi connectivity index (χ1) is 14.6. The molecule has 0 aromatic heterocycles. The lowest BCUT2D eigenvalue weighted by Gasteiger charge is -2.26. The topological polar surface area (TPSA) is 114 Å². The number of rotatable bonds is 6. The number of hydrogen-bond donors (Lipinski definition) is 1. The SMILES string of the molecule is O=[N+]([O-])c1ccc(N/N=C/c2ccccc2C(F)(F)F)c(S(=O)(=O)N2CCOCC2)c1. The molecule has 1 fully saturated rings. The highest BCUT2D eigenvalue weighted by Gasteiger charge is 2.33. The first kappa shape index (κ1) is 22.7. The Morgan fingerprint density at radius 1 is 1.16 bits per heavy atom. The van der Waals surface area contributed by atoms with Crippen molar-refractivity contribution >= 4 is 27.6 Å². The van der Waals surface area contributed by atoms with Gasteiger partial charge in [-0.2, -0.15) is 22.6 Å². The molecule has 1 aliphatic rings. The van der Waals surface area contributed by atoms with E-state index in [1.807, 2.05) is 0 Å². The van der Waals surface area contributed by atoms with E-state index in [9.17, 15) is 31.7 Å². The van der Waals surface area contributed by atoms with Crippen LogP contribution in [0.1, 0.15) is 11.1 Å². The number of alkyl halides is 3. The molecule has 0 bridgehead atoms. The van der Waals surface area contributed by atoms with Gasteiger partial charge in [-0.05, 0) is 12.1 Å². The van der Waals surface area contributed by atoms with E-state index in [1.165, 1.54) is 18.2 Å². The highest BCUT2D eigenvalue weighted by Crippen LogP contribution is 2.32. The number of nitrogens with zero attached hydrogens (tertiary/aromatic N) is 3. The number of nitrogens with one attached hydrogen (secondary N) is 1. The summed E-state index contributed by atoms with van der Waals surface area (Å²) in [5.74, 6) is 0. The number of anilines is 1. The van der Waals surface area contributed by atoms with Gasteiger partial charge in [0.1, 0.15) is 4.90 Å². The van der Waals surface area contributed by atoms with E-state index in [0.717, 1.165) is 34.8 Å². The molecule has 1 heterocycles. The Bertz CT molecular complexity index is 1100. The number of sulfonamides is 1. The van der Waals surface area contributed by atoms with Gasteiger partial charge in [0.25, 0.3) is 5.69 Å². The Morgan fingerprint density at radius 3 is 2.48 bits per heavy atom. The molecule has 0 radical (unpaired) electrons. The van der Waals surface area contributed by atoms with Crippen molar-refractivity contribution in [3.8, 4) is 0 Å². The summed E-state index contributed by atoms with van der Waals surface area (Å²) >= 11 is 0. The van der Waals surface area contributed by atoms with Crippen LogP contribution in [0.2, 0.25) is 0 Å². The second-order valence-electron chi connectivity index (χ2n) is 6.41. The molecular weight excluding hydrogens is 441 g/mol. The summed E-state index contributed by atoms with van der Waals surface area (Å²) in [6.07, 6.45) is -3.70. The van der Waals surface area contributed by atoms with Gasteiger partial charge in [0, 0.05) is 30.8 Å². The highest BCUT2D eigenvalue weighted by molar-refractivity contribution is 7.89. The molecule has 1 N–H and O–H groups in total. The molecule has 2 aromatic carbocycles. The normalized spacial score (nSPS) is 15.8. The Morgan fingerprint density at radius 2 is 1.84 bits per heavy atom. The van der Waals surface area contributed by atoms with Crippen molar-refractivity contribution in [1.82, 2.24) is 4.31 Å². The number of hydrogen-bond acceptors (Lipinski definition) is 7. The molecule has 166 valence electrons. The van der Waals surface area contributed by atoms with Crippen molar-refractivity contribution in [3.63, 3.8) is 0 Å². The van der Waals surface area contributed by atoms with Crippen molar-refractivity contribution in [2.24, 2.45) is 5.10 Å². The molecule has 3 rings (SSSR count). The fourth-order valence-electron chi connectivity index (χ4n) is 2.90. The minimum atomic E-state index is -4.60. The lowest BCUT2D eigenvalue weighted by molar-refractivity contribution is -0.385. The quantitative estimate of drug-likeness (QED) is 0.404. The molecule has 1 saturated heterocycles. The van der Waals surface area contributed by atoms with Gasteiger partial charge in [-0.1, -0.05) is 18.2 Å². The molecule has 0 saturated carbocycles. The standard InChI is InChI=1S/C18H17F3N4O5S/c19-18(20,21)15-4-2-1-3-13(15)12-22-23-16-6-5-14(25(26)27)11-17(16)31(28,29)24-7-9-30-10-8-24/h1-6,11-12,23H,7-10H2/b22-12+. The van der Waals surface area contributed by atoms with Crippen LogP contribution in [0.4, 0.5) is 24.5 Å². The number of nitro benzene ring substituents is 1. The van der Waals surface area contributed by atoms with Crippen LogP contribution in [0.5, 0.6) is 0 Å². The van der Waals surface area contributed by atoms with E-state index in [1.54, 1.807) is 0 Å². The van der Waals surface area contributed by atoms with E-state index in [0.29, 0.717) is 0 Å². The summed E-state index contributed by atoms with van der Waals surface area (Å²) in [7, 11) is -4.14. The summed E-state index contributed by atoms with van der Waals surface area (Å²) in [5, 5.41) is 14.8. The van der Waals surface area contributed by atoms with Crippen LogP contribution >= 0.6 is 0 Å². The molecule has 0 amide bonds. The van der Waals surface area contributed by atoms with Crippen molar-refractivity contribution in [1.29, 1.82) is 0 Å². The molecule has 0 unspecified atom stereocenters. The second kappa shape index (κ2) is 8.99. The molecular formula is C18H17F3N4O5S. The van der Waals surface area contributed by atoms with Crippen molar-refractivity contribution in [2.45, 2.75) is 11.1 Å². The molecule has 31 heavy (non-hydrogen) atoms. The van der Waals surface area contributed by atoms with Gasteiger partial charge < -0.3 is 4.74 Å². The Kier molecular flexibility index (Phi) is 6.57. The number of hydrazone groups is 1. The molecule has 13 heteroatoms. The zero-order valence-corrected chi connectivity index (χ0v) is 16.7. The summed E-state index contributed by atoms with van der Waals surface area (Å²) < 4.78 is 71.6. The fraction of sp³-hybridized carbons (Fsp3) is 0.278. The smallest absolute Gasteiger partial charge is 0.379 e. The highest BCUT2D eigenvalue weighted by atomic mass is 32.2. The first-order valence-electron chi connectivity index (χ1n) is 8.92. The van der Waals surface area contributed by atoms with Crippen LogP contribution in [0, 0.1) is 10.1 Å². The van der Waals surface area contributed by atoms with Crippen LogP contribution in [0.15, 0.2) is 52.5 Å². The number of morpholine rings is 1. The molecule has 2 aromatic rings. The van der Waals surface area contributed by atoms with Gasteiger partial charge >= 0.3 is 6.18 Å². The van der Waals surface area contributed by atoms with Crippen LogP contribution < -0.4 is 5.43 Å². The van der Waals surface area contributed by atoms with Crippen molar-refractivity contribution in [3.05, 3.63) is 63.7 Å². The maximum Gasteiger partial charge on any atom is 0.417 e.